The monoisotopic (exact) mass is 375 g/mol. The Morgan fingerprint density at radius 2 is 1.38 bits per heavy atom. The number of hydrogen-bond donors (Lipinski definition) is 0. The van der Waals surface area contributed by atoms with Crippen LogP contribution < -0.4 is 0 Å². The van der Waals surface area contributed by atoms with E-state index in [0.29, 0.717) is 10.9 Å². The fourth-order valence-electron chi connectivity index (χ4n) is 3.68. The molecule has 0 radical (unpaired) electrons. The smallest absolute Gasteiger partial charge is 0.243 e. The summed E-state index contributed by atoms with van der Waals surface area (Å²) in [6.45, 7) is 0. The van der Waals surface area contributed by atoms with E-state index < -0.39 is 23.6 Å². The number of halogens is 6. The predicted octanol–water partition coefficient (Wildman–Crippen LogP) is 7.10. The van der Waals surface area contributed by atoms with Crippen molar-refractivity contribution in [2.75, 3.05) is 0 Å². The molecule has 7 heteroatoms. The fourth-order valence-corrected chi connectivity index (χ4v) is 3.68. The van der Waals surface area contributed by atoms with Crippen LogP contribution in [-0.2, 0) is 12.4 Å². The molecule has 0 bridgehead atoms. The summed E-state index contributed by atoms with van der Waals surface area (Å²) in [5.74, 6) is -0.0846. The standard InChI is InChI=1S/C19H19F6N/c20-18(21,22)13-8-9-14-15(12-6-4-2-1-3-5-7-12)11-17(19(23,24)25)26-16(14)10-13/h8-12H,1-7H2. The lowest BCUT2D eigenvalue weighted by Gasteiger charge is -2.23. The average Bonchev–Trinajstić information content (AvgIpc) is 2.51. The number of fused-ring (bicyclic) bond motifs is 1. The van der Waals surface area contributed by atoms with Gasteiger partial charge >= 0.3 is 12.4 Å². The minimum atomic E-state index is -4.70. The molecule has 0 atom stereocenters. The van der Waals surface area contributed by atoms with Crippen LogP contribution in [0.5, 0.6) is 0 Å². The maximum absolute atomic E-state index is 13.3. The molecule has 1 aromatic carbocycles. The minimum Gasteiger partial charge on any atom is -0.243 e. The molecule has 0 amide bonds. The third kappa shape index (κ3) is 4.13. The molecular formula is C19H19F6N. The summed E-state index contributed by atoms with van der Waals surface area (Å²) in [6, 6.07) is 3.93. The van der Waals surface area contributed by atoms with E-state index >= 15 is 0 Å². The van der Waals surface area contributed by atoms with Gasteiger partial charge in [0.2, 0.25) is 0 Å². The first-order valence-electron chi connectivity index (χ1n) is 8.75. The van der Waals surface area contributed by atoms with Crippen molar-refractivity contribution in [3.8, 4) is 0 Å². The molecule has 1 aliphatic rings. The molecule has 0 aliphatic heterocycles. The average molecular weight is 375 g/mol. The van der Waals surface area contributed by atoms with Crippen molar-refractivity contribution in [3.63, 3.8) is 0 Å². The topological polar surface area (TPSA) is 12.9 Å². The van der Waals surface area contributed by atoms with Crippen molar-refractivity contribution in [3.05, 3.63) is 41.1 Å². The van der Waals surface area contributed by atoms with Crippen LogP contribution in [0.1, 0.15) is 67.7 Å². The lowest BCUT2D eigenvalue weighted by atomic mass is 9.84. The second-order valence-electron chi connectivity index (χ2n) is 6.87. The van der Waals surface area contributed by atoms with Gasteiger partial charge in [-0.2, -0.15) is 26.3 Å². The number of alkyl halides is 6. The van der Waals surface area contributed by atoms with Gasteiger partial charge in [0.1, 0.15) is 5.69 Å². The van der Waals surface area contributed by atoms with Crippen LogP contribution in [0.25, 0.3) is 10.9 Å². The van der Waals surface area contributed by atoms with Gasteiger partial charge in [0, 0.05) is 5.39 Å². The van der Waals surface area contributed by atoms with E-state index in [0.717, 1.165) is 63.1 Å². The van der Waals surface area contributed by atoms with Crippen molar-refractivity contribution < 1.29 is 26.3 Å². The predicted molar refractivity (Wildman–Crippen MR) is 86.8 cm³/mol. The molecule has 1 heterocycles. The first kappa shape index (κ1) is 19.0. The molecule has 1 aromatic heterocycles. The van der Waals surface area contributed by atoms with Gasteiger partial charge in [-0.25, -0.2) is 4.98 Å². The third-order valence-electron chi connectivity index (χ3n) is 5.00. The lowest BCUT2D eigenvalue weighted by Crippen LogP contribution is -2.12. The fraction of sp³-hybridized carbons (Fsp3) is 0.526. The van der Waals surface area contributed by atoms with Crippen molar-refractivity contribution in [2.45, 2.75) is 63.2 Å². The van der Waals surface area contributed by atoms with Gasteiger partial charge in [-0.3, -0.25) is 0 Å². The van der Waals surface area contributed by atoms with E-state index in [2.05, 4.69) is 4.98 Å². The van der Waals surface area contributed by atoms with Gasteiger partial charge in [0.15, 0.2) is 0 Å². The van der Waals surface area contributed by atoms with Crippen molar-refractivity contribution >= 4 is 10.9 Å². The summed E-state index contributed by atoms with van der Waals surface area (Å²) >= 11 is 0. The van der Waals surface area contributed by atoms with E-state index in [9.17, 15) is 26.3 Å². The molecule has 0 spiro atoms. The molecule has 1 aliphatic carbocycles. The van der Waals surface area contributed by atoms with Gasteiger partial charge in [0.25, 0.3) is 0 Å². The summed E-state index contributed by atoms with van der Waals surface area (Å²) in [7, 11) is 0. The van der Waals surface area contributed by atoms with E-state index in [1.165, 1.54) is 6.07 Å². The van der Waals surface area contributed by atoms with Gasteiger partial charge < -0.3 is 0 Å². The van der Waals surface area contributed by atoms with Crippen LogP contribution in [0.4, 0.5) is 26.3 Å². The molecule has 1 nitrogen and oxygen atoms in total. The Morgan fingerprint density at radius 1 is 0.769 bits per heavy atom. The van der Waals surface area contributed by atoms with Gasteiger partial charge in [0.05, 0.1) is 11.1 Å². The summed E-state index contributed by atoms with van der Waals surface area (Å²) in [4.78, 5) is 3.49. The number of hydrogen-bond acceptors (Lipinski definition) is 1. The molecule has 1 fully saturated rings. The van der Waals surface area contributed by atoms with Crippen LogP contribution in [0, 0.1) is 0 Å². The Hall–Kier alpha value is -1.79. The molecule has 0 saturated heterocycles. The highest BCUT2D eigenvalue weighted by molar-refractivity contribution is 5.84. The lowest BCUT2D eigenvalue weighted by molar-refractivity contribution is -0.141. The van der Waals surface area contributed by atoms with Crippen LogP contribution in [-0.4, -0.2) is 4.98 Å². The van der Waals surface area contributed by atoms with E-state index in [4.69, 9.17) is 0 Å². The Morgan fingerprint density at radius 3 is 1.96 bits per heavy atom. The van der Waals surface area contributed by atoms with Crippen molar-refractivity contribution in [1.29, 1.82) is 0 Å². The summed E-state index contributed by atoms with van der Waals surface area (Å²) in [5.41, 5.74) is -1.88. The Labute approximate surface area is 147 Å². The van der Waals surface area contributed by atoms with Gasteiger partial charge in [-0.05, 0) is 42.5 Å². The molecule has 142 valence electrons. The highest BCUT2D eigenvalue weighted by atomic mass is 19.4. The summed E-state index contributed by atoms with van der Waals surface area (Å²) < 4.78 is 78.6. The highest BCUT2D eigenvalue weighted by Crippen LogP contribution is 2.39. The number of aromatic nitrogens is 1. The molecule has 3 rings (SSSR count). The van der Waals surface area contributed by atoms with Gasteiger partial charge in [-0.15, -0.1) is 0 Å². The van der Waals surface area contributed by atoms with Crippen LogP contribution in [0.3, 0.4) is 0 Å². The minimum absolute atomic E-state index is 0.0846. The van der Waals surface area contributed by atoms with Crippen LogP contribution in [0.15, 0.2) is 24.3 Å². The van der Waals surface area contributed by atoms with Crippen LogP contribution >= 0.6 is 0 Å². The third-order valence-corrected chi connectivity index (χ3v) is 5.00. The summed E-state index contributed by atoms with van der Waals surface area (Å²) in [5, 5.41) is 0.386. The van der Waals surface area contributed by atoms with E-state index in [1.807, 2.05) is 0 Å². The zero-order valence-corrected chi connectivity index (χ0v) is 14.1. The SMILES string of the molecule is FC(F)(F)c1ccc2c(C3CCCCCCC3)cc(C(F)(F)F)nc2c1. The molecule has 2 aromatic rings. The Kier molecular flexibility index (Phi) is 5.17. The molecule has 0 unspecified atom stereocenters. The van der Waals surface area contributed by atoms with Crippen molar-refractivity contribution in [1.82, 2.24) is 4.98 Å². The van der Waals surface area contributed by atoms with Crippen molar-refractivity contribution in [2.24, 2.45) is 0 Å². The molecular weight excluding hydrogens is 356 g/mol. The number of pyridine rings is 1. The number of benzene rings is 1. The van der Waals surface area contributed by atoms with E-state index in [1.54, 1.807) is 0 Å². The second-order valence-corrected chi connectivity index (χ2v) is 6.87. The number of rotatable bonds is 1. The van der Waals surface area contributed by atoms with E-state index in [-0.39, 0.29) is 11.4 Å². The number of nitrogens with zero attached hydrogens (tertiary/aromatic N) is 1. The Balaban J connectivity index is 2.15. The maximum Gasteiger partial charge on any atom is 0.433 e. The second kappa shape index (κ2) is 7.08. The van der Waals surface area contributed by atoms with Crippen LogP contribution in [0.2, 0.25) is 0 Å². The Bertz CT molecular complexity index is 765. The zero-order valence-electron chi connectivity index (χ0n) is 14.1. The normalized spacial score (nSPS) is 17.9. The quantitative estimate of drug-likeness (QED) is 0.485. The van der Waals surface area contributed by atoms with Gasteiger partial charge in [-0.1, -0.05) is 38.2 Å². The molecule has 26 heavy (non-hydrogen) atoms. The zero-order chi connectivity index (χ0) is 18.9. The maximum atomic E-state index is 13.3. The summed E-state index contributed by atoms with van der Waals surface area (Å²) in [6.07, 6.45) is -2.81. The first-order chi connectivity index (χ1) is 12.2. The largest absolute Gasteiger partial charge is 0.433 e. The molecule has 0 N–H and O–H groups in total. The highest BCUT2D eigenvalue weighted by Gasteiger charge is 2.35. The first-order valence-corrected chi connectivity index (χ1v) is 8.75. The molecule has 1 saturated carbocycles.